The summed E-state index contributed by atoms with van der Waals surface area (Å²) in [4.78, 5) is 0. The minimum absolute atomic E-state index is 0. The molecule has 0 saturated carbocycles. The Morgan fingerprint density at radius 1 is 1.43 bits per heavy atom. The fourth-order valence-corrected chi connectivity index (χ4v) is 0. The zero-order valence-corrected chi connectivity index (χ0v) is 12.9. The van der Waals surface area contributed by atoms with Crippen molar-refractivity contribution in [1.82, 2.24) is 0 Å². The summed E-state index contributed by atoms with van der Waals surface area (Å²) in [6.07, 6.45) is 0. The summed E-state index contributed by atoms with van der Waals surface area (Å²) in [5.41, 5.74) is 0. The molecule has 0 aromatic carbocycles. The van der Waals surface area contributed by atoms with Gasteiger partial charge in [-0.25, -0.2) is 0 Å². The third-order valence-corrected chi connectivity index (χ3v) is 0. The fraction of sp³-hybridized carbons (Fsp3) is 0. The predicted octanol–water partition coefficient (Wildman–Crippen LogP) is -2.35. The molecule has 0 unspecified atom stereocenters. The molecule has 0 heterocycles. The third-order valence-electron chi connectivity index (χ3n) is 0. The Balaban J connectivity index is -0.0000000105. The summed E-state index contributed by atoms with van der Waals surface area (Å²) in [6, 6.07) is 0. The molecular formula is H5AgAl2O2Zn2. The van der Waals surface area contributed by atoms with Crippen LogP contribution in [-0.2, 0) is 62.8 Å². The second-order valence-corrected chi connectivity index (χ2v) is 4.50. The van der Waals surface area contributed by atoms with E-state index in [4.69, 9.17) is 3.57 Å². The van der Waals surface area contributed by atoms with Crippen molar-refractivity contribution in [3.63, 3.8) is 0 Å². The van der Waals surface area contributed by atoms with E-state index < -0.39 is 15.0 Å². The van der Waals surface area contributed by atoms with E-state index >= 15 is 0 Å². The van der Waals surface area contributed by atoms with Crippen molar-refractivity contribution in [3.05, 3.63) is 0 Å². The molecule has 0 aromatic rings. The first-order valence-electron chi connectivity index (χ1n) is 1.28. The average Bonchev–Trinajstić information content (AvgIpc) is 1.46. The van der Waals surface area contributed by atoms with Crippen molar-refractivity contribution in [3.8, 4) is 0 Å². The molecule has 38 valence electrons. The van der Waals surface area contributed by atoms with E-state index in [0.29, 0.717) is 0 Å². The standard InChI is InChI=1S/Ag.2Al.2O.2Zn.5H. The predicted molar refractivity (Wildman–Crippen MR) is 19.9 cm³/mol. The van der Waals surface area contributed by atoms with Crippen LogP contribution in [0.2, 0.25) is 0 Å². The Labute approximate surface area is 92.6 Å². The zero-order valence-electron chi connectivity index (χ0n) is 3.53. The van der Waals surface area contributed by atoms with Crippen molar-refractivity contribution >= 4 is 31.3 Å². The molecule has 0 rings (SSSR count). The van der Waals surface area contributed by atoms with E-state index in [2.05, 4.69) is 0 Å². The summed E-state index contributed by atoms with van der Waals surface area (Å²) >= 11 is 0.140. The molecule has 0 aliphatic rings. The van der Waals surface area contributed by atoms with Crippen LogP contribution in [0.4, 0.5) is 0 Å². The van der Waals surface area contributed by atoms with Gasteiger partial charge < -0.3 is 0 Å². The van der Waals surface area contributed by atoms with Gasteiger partial charge in [0.25, 0.3) is 0 Å². The molecule has 0 aromatic heterocycles. The molecule has 0 saturated heterocycles. The van der Waals surface area contributed by atoms with Gasteiger partial charge in [-0.3, -0.25) is 0 Å². The van der Waals surface area contributed by atoms with Gasteiger partial charge in [-0.15, -0.1) is 0 Å². The monoisotopic (exact) mass is 326 g/mol. The summed E-state index contributed by atoms with van der Waals surface area (Å²) in [5, 5.41) is 0. The SMILES string of the molecule is [Ag].[AlH3].[O]=[Zn].[O]=[Zn][AlH2]. The van der Waals surface area contributed by atoms with Crippen molar-refractivity contribution in [2.24, 2.45) is 0 Å². The van der Waals surface area contributed by atoms with Crippen LogP contribution in [0, 0.1) is 0 Å². The Hall–Kier alpha value is 2.65. The van der Waals surface area contributed by atoms with Gasteiger partial charge in [-0.1, -0.05) is 0 Å². The Morgan fingerprint density at radius 3 is 1.43 bits per heavy atom. The molecular weight excluding hydrogens is 325 g/mol. The van der Waals surface area contributed by atoms with E-state index in [-0.39, 0.29) is 58.0 Å². The van der Waals surface area contributed by atoms with E-state index in [0.717, 1.165) is 14.0 Å². The van der Waals surface area contributed by atoms with Gasteiger partial charge in [0, 0.05) is 22.4 Å². The van der Waals surface area contributed by atoms with Gasteiger partial charge >= 0.3 is 54.4 Å². The molecule has 0 amide bonds. The molecule has 2 nitrogen and oxygen atoms in total. The molecule has 0 bridgehead atoms. The van der Waals surface area contributed by atoms with Crippen LogP contribution < -0.4 is 0 Å². The fourth-order valence-electron chi connectivity index (χ4n) is 0. The van der Waals surface area contributed by atoms with E-state index in [9.17, 15) is 3.57 Å². The zero-order chi connectivity index (χ0) is 4.71. The normalized spacial score (nSPS) is 2.00. The summed E-state index contributed by atoms with van der Waals surface area (Å²) in [6.45, 7) is 0. The first-order valence-corrected chi connectivity index (χ1v) is 14.0. The van der Waals surface area contributed by atoms with Crippen molar-refractivity contribution in [1.29, 1.82) is 0 Å². The van der Waals surface area contributed by atoms with Gasteiger partial charge in [-0.2, -0.15) is 0 Å². The topological polar surface area (TPSA) is 34.1 Å². The van der Waals surface area contributed by atoms with Crippen LogP contribution in [0.3, 0.4) is 0 Å². The molecule has 7 heteroatoms. The Morgan fingerprint density at radius 2 is 1.43 bits per heavy atom. The second-order valence-electron chi connectivity index (χ2n) is 0.289. The number of rotatable bonds is 0. The summed E-state index contributed by atoms with van der Waals surface area (Å²) in [7, 11) is 0. The van der Waals surface area contributed by atoms with Crippen molar-refractivity contribution < 1.29 is 62.8 Å². The molecule has 0 atom stereocenters. The first-order chi connectivity index (χ1) is 2.41. The molecule has 7 heavy (non-hydrogen) atoms. The van der Waals surface area contributed by atoms with Crippen molar-refractivity contribution in [2.45, 2.75) is 0 Å². The van der Waals surface area contributed by atoms with Gasteiger partial charge in [0.15, 0.2) is 17.4 Å². The van der Waals surface area contributed by atoms with Crippen molar-refractivity contribution in [2.75, 3.05) is 0 Å². The van der Waals surface area contributed by atoms with E-state index in [1.807, 2.05) is 0 Å². The third kappa shape index (κ3) is 54.4. The molecule has 1 radical (unpaired) electrons. The second kappa shape index (κ2) is 38.0. The Kier molecular flexibility index (Phi) is 123. The quantitative estimate of drug-likeness (QED) is 0.467. The van der Waals surface area contributed by atoms with E-state index in [1.165, 1.54) is 0 Å². The molecule has 0 aliphatic carbocycles. The first kappa shape index (κ1) is 22.6. The molecule has 0 N–H and O–H groups in total. The molecule has 0 fully saturated rings. The van der Waals surface area contributed by atoms with E-state index in [1.54, 1.807) is 0 Å². The minimum atomic E-state index is -0.986. The molecule has 0 spiro atoms. The number of hydrogen-bond donors (Lipinski definition) is 0. The van der Waals surface area contributed by atoms with Gasteiger partial charge in [0.1, 0.15) is 0 Å². The van der Waals surface area contributed by atoms with Gasteiger partial charge in [-0.05, 0) is 0 Å². The van der Waals surface area contributed by atoms with Crippen LogP contribution in [0.15, 0.2) is 0 Å². The van der Waals surface area contributed by atoms with Crippen LogP contribution in [-0.4, -0.2) is 31.3 Å². The molecule has 0 aliphatic heterocycles. The van der Waals surface area contributed by atoms with Gasteiger partial charge in [0.05, 0.1) is 0 Å². The number of hydrogen-bond acceptors (Lipinski definition) is 2. The Bertz CT molecular complexity index is 27.7. The van der Waals surface area contributed by atoms with Gasteiger partial charge in [0.2, 0.25) is 0 Å². The average molecular weight is 330 g/mol. The van der Waals surface area contributed by atoms with Crippen LogP contribution in [0.1, 0.15) is 0 Å². The maximum atomic E-state index is 9.18. The van der Waals surface area contributed by atoms with Crippen LogP contribution >= 0.6 is 0 Å². The summed E-state index contributed by atoms with van der Waals surface area (Å²) in [5.74, 6) is 0. The van der Waals surface area contributed by atoms with Crippen LogP contribution in [0.25, 0.3) is 0 Å². The maximum absolute atomic E-state index is 9.18. The summed E-state index contributed by atoms with van der Waals surface area (Å²) < 4.78 is 17.6. The van der Waals surface area contributed by atoms with Crippen LogP contribution in [0.5, 0.6) is 0 Å².